The van der Waals surface area contributed by atoms with E-state index in [1.165, 1.54) is 11.9 Å². The first-order valence-electron chi connectivity index (χ1n) is 7.08. The van der Waals surface area contributed by atoms with Gasteiger partial charge in [-0.05, 0) is 17.4 Å². The highest BCUT2D eigenvalue weighted by atomic mass is 16.5. The third-order valence-corrected chi connectivity index (χ3v) is 3.15. The van der Waals surface area contributed by atoms with Crippen molar-refractivity contribution in [1.29, 1.82) is 0 Å². The van der Waals surface area contributed by atoms with Crippen LogP contribution in [0, 0.1) is 5.41 Å². The van der Waals surface area contributed by atoms with Gasteiger partial charge in [0.1, 0.15) is 0 Å². The second-order valence-electron chi connectivity index (χ2n) is 6.27. The summed E-state index contributed by atoms with van der Waals surface area (Å²) >= 11 is 0. The summed E-state index contributed by atoms with van der Waals surface area (Å²) in [6.45, 7) is 7.63. The molecule has 1 unspecified atom stereocenters. The summed E-state index contributed by atoms with van der Waals surface area (Å²) in [5, 5.41) is 7.23. The van der Waals surface area contributed by atoms with Gasteiger partial charge in [0.05, 0.1) is 0 Å². The Bertz CT molecular complexity index is 488. The van der Waals surface area contributed by atoms with Gasteiger partial charge >= 0.3 is 0 Å². The highest BCUT2D eigenvalue weighted by Gasteiger charge is 2.19. The van der Waals surface area contributed by atoms with Crippen LogP contribution in [0.5, 0.6) is 0 Å². The van der Waals surface area contributed by atoms with Crippen LogP contribution in [0.25, 0.3) is 0 Å². The summed E-state index contributed by atoms with van der Waals surface area (Å²) in [7, 11) is 0. The molecule has 1 atom stereocenters. The zero-order chi connectivity index (χ0) is 14.4. The highest BCUT2D eigenvalue weighted by molar-refractivity contribution is 5.19. The van der Waals surface area contributed by atoms with Gasteiger partial charge in [0.15, 0.2) is 6.33 Å². The van der Waals surface area contributed by atoms with E-state index < -0.39 is 0 Å². The largest absolute Gasteiger partial charge is 0.340 e. The first kappa shape index (κ1) is 14.7. The molecule has 1 aromatic carbocycles. The topological polar surface area (TPSA) is 51.0 Å². The van der Waals surface area contributed by atoms with Crippen LogP contribution in [-0.4, -0.2) is 16.7 Å². The van der Waals surface area contributed by atoms with Crippen molar-refractivity contribution >= 4 is 0 Å². The molecule has 0 aliphatic carbocycles. The second-order valence-corrected chi connectivity index (χ2v) is 6.27. The van der Waals surface area contributed by atoms with Crippen molar-refractivity contribution in [3.8, 4) is 0 Å². The van der Waals surface area contributed by atoms with E-state index in [0.717, 1.165) is 19.4 Å². The Balaban J connectivity index is 1.96. The molecule has 0 fully saturated rings. The predicted molar refractivity (Wildman–Crippen MR) is 79.3 cm³/mol. The van der Waals surface area contributed by atoms with E-state index in [2.05, 4.69) is 66.6 Å². The van der Waals surface area contributed by atoms with Crippen LogP contribution >= 0.6 is 0 Å². The standard InChI is InChI=1S/C16H23N3O/c1-16(2,3)11-14(13-7-5-4-6-8-13)17-10-9-15-18-12-19-20-15/h4-8,12,14,17H,9-11H2,1-3H3. The van der Waals surface area contributed by atoms with Gasteiger partial charge < -0.3 is 9.84 Å². The minimum absolute atomic E-state index is 0.276. The number of aromatic nitrogens is 2. The molecule has 2 rings (SSSR count). The lowest BCUT2D eigenvalue weighted by atomic mass is 9.85. The van der Waals surface area contributed by atoms with Crippen molar-refractivity contribution in [2.75, 3.05) is 6.54 Å². The van der Waals surface area contributed by atoms with Crippen molar-refractivity contribution < 1.29 is 4.52 Å². The fourth-order valence-electron chi connectivity index (χ4n) is 2.27. The van der Waals surface area contributed by atoms with E-state index >= 15 is 0 Å². The van der Waals surface area contributed by atoms with Crippen molar-refractivity contribution in [3.63, 3.8) is 0 Å². The monoisotopic (exact) mass is 273 g/mol. The van der Waals surface area contributed by atoms with Gasteiger partial charge in [-0.2, -0.15) is 4.98 Å². The summed E-state index contributed by atoms with van der Waals surface area (Å²) in [5.41, 5.74) is 1.60. The Morgan fingerprint density at radius 2 is 1.95 bits per heavy atom. The zero-order valence-electron chi connectivity index (χ0n) is 12.5. The zero-order valence-corrected chi connectivity index (χ0v) is 12.5. The predicted octanol–water partition coefficient (Wildman–Crippen LogP) is 3.38. The van der Waals surface area contributed by atoms with Crippen LogP contribution < -0.4 is 5.32 Å². The second kappa shape index (κ2) is 6.66. The molecule has 0 aliphatic rings. The summed E-state index contributed by atoms with van der Waals surface area (Å²) in [6.07, 6.45) is 3.29. The van der Waals surface area contributed by atoms with Gasteiger partial charge in [-0.15, -0.1) is 0 Å². The van der Waals surface area contributed by atoms with E-state index in [9.17, 15) is 0 Å². The molecular formula is C16H23N3O. The van der Waals surface area contributed by atoms with Crippen LogP contribution in [0.1, 0.15) is 44.7 Å². The van der Waals surface area contributed by atoms with Gasteiger partial charge in [0.25, 0.3) is 0 Å². The molecule has 0 spiro atoms. The third-order valence-electron chi connectivity index (χ3n) is 3.15. The van der Waals surface area contributed by atoms with E-state index in [4.69, 9.17) is 4.52 Å². The molecule has 20 heavy (non-hydrogen) atoms. The molecule has 0 bridgehead atoms. The van der Waals surface area contributed by atoms with Gasteiger partial charge in [0, 0.05) is 19.0 Å². The average Bonchev–Trinajstić information content (AvgIpc) is 2.90. The SMILES string of the molecule is CC(C)(C)CC(NCCc1ncno1)c1ccccc1. The molecule has 0 radical (unpaired) electrons. The number of nitrogens with one attached hydrogen (secondary N) is 1. The molecule has 0 saturated heterocycles. The Morgan fingerprint density at radius 1 is 1.20 bits per heavy atom. The molecule has 4 nitrogen and oxygen atoms in total. The van der Waals surface area contributed by atoms with Crippen LogP contribution in [0.3, 0.4) is 0 Å². The molecule has 0 saturated carbocycles. The highest BCUT2D eigenvalue weighted by Crippen LogP contribution is 2.29. The maximum absolute atomic E-state index is 5.02. The van der Waals surface area contributed by atoms with Crippen LogP contribution in [0.4, 0.5) is 0 Å². The normalized spacial score (nSPS) is 13.3. The maximum atomic E-state index is 5.02. The fraction of sp³-hybridized carbons (Fsp3) is 0.500. The van der Waals surface area contributed by atoms with Crippen molar-refractivity contribution in [3.05, 3.63) is 48.1 Å². The molecule has 108 valence electrons. The van der Waals surface area contributed by atoms with E-state index in [1.54, 1.807) is 0 Å². The van der Waals surface area contributed by atoms with Crippen molar-refractivity contribution in [2.24, 2.45) is 5.41 Å². The average molecular weight is 273 g/mol. The molecule has 1 aromatic heterocycles. The van der Waals surface area contributed by atoms with Crippen molar-refractivity contribution in [2.45, 2.75) is 39.7 Å². The smallest absolute Gasteiger partial charge is 0.227 e. The first-order valence-corrected chi connectivity index (χ1v) is 7.08. The first-order chi connectivity index (χ1) is 9.54. The Hall–Kier alpha value is -1.68. The molecule has 4 heteroatoms. The lowest BCUT2D eigenvalue weighted by Crippen LogP contribution is -2.27. The minimum atomic E-state index is 0.276. The molecule has 1 heterocycles. The number of benzene rings is 1. The van der Waals surface area contributed by atoms with Crippen LogP contribution in [0.15, 0.2) is 41.2 Å². The van der Waals surface area contributed by atoms with Gasteiger partial charge in [-0.1, -0.05) is 56.3 Å². The van der Waals surface area contributed by atoms with Crippen molar-refractivity contribution in [1.82, 2.24) is 15.5 Å². The maximum Gasteiger partial charge on any atom is 0.227 e. The number of nitrogens with zero attached hydrogens (tertiary/aromatic N) is 2. The molecule has 2 aromatic rings. The summed E-state index contributed by atoms with van der Waals surface area (Å²) in [5.74, 6) is 0.681. The number of rotatable bonds is 6. The van der Waals surface area contributed by atoms with Crippen LogP contribution in [-0.2, 0) is 6.42 Å². The Labute approximate surface area is 120 Å². The Kier molecular flexibility index (Phi) is 4.90. The van der Waals surface area contributed by atoms with Gasteiger partial charge in [-0.25, -0.2) is 0 Å². The quantitative estimate of drug-likeness (QED) is 0.876. The fourth-order valence-corrected chi connectivity index (χ4v) is 2.27. The third kappa shape index (κ3) is 4.78. The minimum Gasteiger partial charge on any atom is -0.340 e. The number of hydrogen-bond donors (Lipinski definition) is 1. The summed E-state index contributed by atoms with van der Waals surface area (Å²) in [6, 6.07) is 10.9. The van der Waals surface area contributed by atoms with E-state index in [-0.39, 0.29) is 5.41 Å². The summed E-state index contributed by atoms with van der Waals surface area (Å²) in [4.78, 5) is 4.04. The van der Waals surface area contributed by atoms with E-state index in [1.807, 2.05) is 0 Å². The molecular weight excluding hydrogens is 250 g/mol. The molecule has 0 aliphatic heterocycles. The van der Waals surface area contributed by atoms with Gasteiger partial charge in [0.2, 0.25) is 5.89 Å². The lowest BCUT2D eigenvalue weighted by Gasteiger charge is -2.27. The molecule has 0 amide bonds. The molecule has 1 N–H and O–H groups in total. The van der Waals surface area contributed by atoms with E-state index in [0.29, 0.717) is 11.9 Å². The number of hydrogen-bond acceptors (Lipinski definition) is 4. The van der Waals surface area contributed by atoms with Crippen LogP contribution in [0.2, 0.25) is 0 Å². The summed E-state index contributed by atoms with van der Waals surface area (Å²) < 4.78 is 5.02. The lowest BCUT2D eigenvalue weighted by molar-refractivity contribution is 0.307. The van der Waals surface area contributed by atoms with Gasteiger partial charge in [-0.3, -0.25) is 0 Å². The Morgan fingerprint density at radius 3 is 2.55 bits per heavy atom.